The van der Waals surface area contributed by atoms with E-state index in [0.29, 0.717) is 0 Å². The summed E-state index contributed by atoms with van der Waals surface area (Å²) < 4.78 is 0. The molecule has 0 fully saturated rings. The molecule has 0 bridgehead atoms. The molecule has 0 atom stereocenters. The van der Waals surface area contributed by atoms with E-state index in [0.717, 1.165) is 38.9 Å². The van der Waals surface area contributed by atoms with Gasteiger partial charge in [0.15, 0.2) is 0 Å². The summed E-state index contributed by atoms with van der Waals surface area (Å²) >= 11 is 0. The molecule has 0 heterocycles. The summed E-state index contributed by atoms with van der Waals surface area (Å²) in [6.45, 7) is 14.7. The van der Waals surface area contributed by atoms with Crippen molar-refractivity contribution in [1.82, 2.24) is 4.90 Å². The largest absolute Gasteiger partial charge is 0.342 e. The molecule has 0 amide bonds. The minimum absolute atomic E-state index is 0. The van der Waals surface area contributed by atoms with Crippen LogP contribution in [0.1, 0.15) is 20.7 Å². The first-order valence-electron chi connectivity index (χ1n) is 3.95. The first kappa shape index (κ1) is 14.2. The molecule has 1 nitrogen and oxygen atoms in total. The van der Waals surface area contributed by atoms with Crippen molar-refractivity contribution < 1.29 is 1.43 Å². The number of rotatable bonds is 6. The van der Waals surface area contributed by atoms with E-state index in [2.05, 4.69) is 25.7 Å². The zero-order valence-electron chi connectivity index (χ0n) is 7.31. The fourth-order valence-corrected chi connectivity index (χ4v) is 1.01. The molecule has 0 saturated heterocycles. The van der Waals surface area contributed by atoms with Gasteiger partial charge in [-0.2, -0.15) is 6.42 Å². The van der Waals surface area contributed by atoms with Crippen molar-refractivity contribution in [2.24, 2.45) is 0 Å². The summed E-state index contributed by atoms with van der Waals surface area (Å²) in [5.41, 5.74) is 0. The van der Waals surface area contributed by atoms with Crippen LogP contribution in [0.3, 0.4) is 0 Å². The molecule has 0 spiro atoms. The monoisotopic (exact) mass is 262 g/mol. The molecule has 11 heavy (non-hydrogen) atoms. The fraction of sp³-hybridized carbons (Fsp3) is 0.667. The van der Waals surface area contributed by atoms with Gasteiger partial charge in [0.2, 0.25) is 0 Å². The van der Waals surface area contributed by atoms with Gasteiger partial charge in [-0.3, -0.25) is 0 Å². The van der Waals surface area contributed by atoms with E-state index in [-0.39, 0.29) is 25.3 Å². The third kappa shape index (κ3) is 8.54. The van der Waals surface area contributed by atoms with Crippen molar-refractivity contribution in [3.05, 3.63) is 20.8 Å². The summed E-state index contributed by atoms with van der Waals surface area (Å²) in [4.78, 5) is 2.35. The number of hydrogen-bond donors (Lipinski definition) is 0. The van der Waals surface area contributed by atoms with E-state index in [4.69, 9.17) is 0 Å². The maximum Gasteiger partial charge on any atom is 0.0977 e. The van der Waals surface area contributed by atoms with Crippen molar-refractivity contribution in [2.45, 2.75) is 19.3 Å². The zero-order valence-corrected chi connectivity index (χ0v) is 10.2. The van der Waals surface area contributed by atoms with Crippen LogP contribution in [0, 0.1) is 20.8 Å². The minimum Gasteiger partial charge on any atom is -0.342 e. The predicted molar refractivity (Wildman–Crippen MR) is 54.2 cm³/mol. The van der Waals surface area contributed by atoms with E-state index in [9.17, 15) is 0 Å². The Morgan fingerprint density at radius 1 is 1.36 bits per heavy atom. The number of nitrogens with zero attached hydrogens (tertiary/aromatic N) is 1. The van der Waals surface area contributed by atoms with Crippen LogP contribution < -0.4 is 0 Å². The van der Waals surface area contributed by atoms with E-state index in [1.54, 1.807) is 0 Å². The maximum absolute atomic E-state index is 3.81. The minimum atomic E-state index is 0. The molecule has 0 N–H and O–H groups in total. The molecule has 2 heteroatoms. The van der Waals surface area contributed by atoms with Crippen LogP contribution in [0.25, 0.3) is 0 Å². The summed E-state index contributed by atoms with van der Waals surface area (Å²) in [6, 6.07) is 0. The molecule has 5 radical (unpaired) electrons. The molecule has 0 saturated carbocycles. The first-order valence-corrected chi connectivity index (χ1v) is 3.95. The second-order valence-electron chi connectivity index (χ2n) is 2.40. The van der Waals surface area contributed by atoms with Crippen LogP contribution in [0.4, 0.5) is 0 Å². The molecule has 0 aromatic heterocycles. The quantitative estimate of drug-likeness (QED) is 0.520. The second kappa shape index (κ2) is 10.6. The zero-order chi connectivity index (χ0) is 7.82. The van der Waals surface area contributed by atoms with Crippen LogP contribution >= 0.6 is 0 Å². The van der Waals surface area contributed by atoms with Crippen LogP contribution in [-0.4, -0.2) is 48.4 Å². The SMILES string of the molecule is [CH2]CCN(CC[CH2+])CC[CH2-].[HH].[Sn]. The van der Waals surface area contributed by atoms with Gasteiger partial charge in [0.1, 0.15) is 0 Å². The van der Waals surface area contributed by atoms with Gasteiger partial charge in [0.25, 0.3) is 0 Å². The maximum atomic E-state index is 3.81. The van der Waals surface area contributed by atoms with Crippen LogP contribution in [0.15, 0.2) is 0 Å². The Hall–Kier alpha value is 0.629. The van der Waals surface area contributed by atoms with Crippen molar-refractivity contribution >= 4 is 23.9 Å². The smallest absolute Gasteiger partial charge is 0.0977 e. The van der Waals surface area contributed by atoms with Crippen LogP contribution in [0.5, 0.6) is 0 Å². The van der Waals surface area contributed by atoms with Gasteiger partial charge >= 0.3 is 0 Å². The summed E-state index contributed by atoms with van der Waals surface area (Å²) in [5.74, 6) is 0. The molecular formula is C9H20NSn. The Morgan fingerprint density at radius 2 is 2.00 bits per heavy atom. The van der Waals surface area contributed by atoms with Gasteiger partial charge < -0.3 is 11.8 Å². The Kier molecular flexibility index (Phi) is 13.7. The predicted octanol–water partition coefficient (Wildman–Crippen LogP) is 1.83. The van der Waals surface area contributed by atoms with Crippen molar-refractivity contribution in [2.75, 3.05) is 19.6 Å². The third-order valence-electron chi connectivity index (χ3n) is 1.42. The summed E-state index contributed by atoms with van der Waals surface area (Å²) in [5, 5.41) is 0. The number of hydrogen-bond acceptors (Lipinski definition) is 1. The second-order valence-corrected chi connectivity index (χ2v) is 2.40. The molecule has 0 aromatic carbocycles. The van der Waals surface area contributed by atoms with Crippen molar-refractivity contribution in [3.63, 3.8) is 0 Å². The average Bonchev–Trinajstić information content (AvgIpc) is 1.90. The van der Waals surface area contributed by atoms with Gasteiger partial charge in [0.05, 0.1) is 13.3 Å². The Balaban J connectivity index is -0.000000405. The molecule has 0 aliphatic rings. The Morgan fingerprint density at radius 3 is 2.36 bits per heavy atom. The van der Waals surface area contributed by atoms with Crippen LogP contribution in [0.2, 0.25) is 0 Å². The summed E-state index contributed by atoms with van der Waals surface area (Å²) in [6.07, 6.45) is 2.96. The molecular weight excluding hydrogens is 241 g/mol. The molecule has 0 aromatic rings. The molecule has 0 aliphatic heterocycles. The van der Waals surface area contributed by atoms with E-state index in [1.807, 2.05) is 0 Å². The van der Waals surface area contributed by atoms with Gasteiger partial charge in [-0.1, -0.05) is 6.92 Å². The molecule has 65 valence electrons. The van der Waals surface area contributed by atoms with E-state index < -0.39 is 0 Å². The third-order valence-corrected chi connectivity index (χ3v) is 1.42. The molecule has 0 aliphatic carbocycles. The van der Waals surface area contributed by atoms with Crippen molar-refractivity contribution in [3.8, 4) is 0 Å². The van der Waals surface area contributed by atoms with E-state index in [1.165, 1.54) is 0 Å². The van der Waals surface area contributed by atoms with Crippen molar-refractivity contribution in [1.29, 1.82) is 0 Å². The topological polar surface area (TPSA) is 3.24 Å². The fourth-order valence-electron chi connectivity index (χ4n) is 1.01. The first-order chi connectivity index (χ1) is 4.85. The normalized spacial score (nSPS) is 9.73. The van der Waals surface area contributed by atoms with Crippen LogP contribution in [-0.2, 0) is 0 Å². The van der Waals surface area contributed by atoms with Gasteiger partial charge in [-0.05, 0) is 19.5 Å². The molecule has 0 rings (SSSR count). The van der Waals surface area contributed by atoms with Gasteiger partial charge in [0, 0.05) is 31.9 Å². The average molecular weight is 261 g/mol. The van der Waals surface area contributed by atoms with E-state index >= 15 is 0 Å². The molecule has 0 unspecified atom stereocenters. The van der Waals surface area contributed by atoms with Gasteiger partial charge in [-0.15, -0.1) is 0 Å². The standard InChI is InChI=1S/C9H18N.Sn.H2/c1-4-7-10(8-5-2)9-6-3;;/h1-9H2;;1H. The van der Waals surface area contributed by atoms with Gasteiger partial charge in [-0.25, -0.2) is 0 Å². The Labute approximate surface area is 90.0 Å². The summed E-state index contributed by atoms with van der Waals surface area (Å²) in [7, 11) is 0. The Bertz CT molecular complexity index is 57.3.